The van der Waals surface area contributed by atoms with Gasteiger partial charge in [0.1, 0.15) is 0 Å². The van der Waals surface area contributed by atoms with Crippen molar-refractivity contribution in [3.05, 3.63) is 35.9 Å². The summed E-state index contributed by atoms with van der Waals surface area (Å²) in [6, 6.07) is 10.9. The van der Waals surface area contributed by atoms with Gasteiger partial charge in [-0.3, -0.25) is 0 Å². The molecule has 1 aliphatic heterocycles. The lowest BCUT2D eigenvalue weighted by molar-refractivity contribution is 0.503. The number of benzene rings is 1. The van der Waals surface area contributed by atoms with E-state index < -0.39 is 0 Å². The summed E-state index contributed by atoms with van der Waals surface area (Å²) >= 11 is 0. The maximum absolute atomic E-state index is 3.47. The summed E-state index contributed by atoms with van der Waals surface area (Å²) < 4.78 is 0. The summed E-state index contributed by atoms with van der Waals surface area (Å²) in [5.74, 6) is 1.58. The van der Waals surface area contributed by atoms with Gasteiger partial charge in [0.25, 0.3) is 0 Å². The van der Waals surface area contributed by atoms with Crippen molar-refractivity contribution in [2.24, 2.45) is 5.92 Å². The molecule has 0 saturated carbocycles. The van der Waals surface area contributed by atoms with Gasteiger partial charge in [-0.05, 0) is 18.0 Å². The molecule has 1 nitrogen and oxygen atoms in total. The molecule has 1 aromatic rings. The van der Waals surface area contributed by atoms with E-state index in [0.29, 0.717) is 0 Å². The lowest BCUT2D eigenvalue weighted by Crippen LogP contribution is -2.08. The highest BCUT2D eigenvalue weighted by molar-refractivity contribution is 5.75. The van der Waals surface area contributed by atoms with Gasteiger partial charge in [-0.15, -0.1) is 0 Å². The van der Waals surface area contributed by atoms with E-state index in [-0.39, 0.29) is 8.41 Å². The first-order chi connectivity index (χ1) is 6.42. The average molecular weight is 186 g/mol. The molecule has 73 valence electrons. The normalized spacial score (nSPS) is 25.8. The first-order valence-electron chi connectivity index (χ1n) is 5.17. The molecule has 1 N–H and O–H groups in total. The van der Waals surface area contributed by atoms with Crippen LogP contribution >= 0.6 is 0 Å². The fourth-order valence-corrected chi connectivity index (χ4v) is 2.25. The van der Waals surface area contributed by atoms with E-state index in [4.69, 9.17) is 0 Å². The zero-order chi connectivity index (χ0) is 9.10. The Hall–Kier alpha value is -0.755. The van der Waals surface area contributed by atoms with Crippen LogP contribution in [0, 0.1) is 5.92 Å². The zero-order valence-corrected chi connectivity index (χ0v) is 8.74. The van der Waals surface area contributed by atoms with Crippen LogP contribution in [0.4, 0.5) is 0 Å². The monoisotopic (exact) mass is 186 g/mol. The van der Waals surface area contributed by atoms with Crippen molar-refractivity contribution in [1.29, 1.82) is 0 Å². The first-order valence-corrected chi connectivity index (χ1v) is 5.17. The molecule has 0 spiro atoms. The molecule has 1 fully saturated rings. The van der Waals surface area contributed by atoms with E-state index in [1.54, 1.807) is 0 Å². The molecule has 14 heavy (non-hydrogen) atoms. The lowest BCUT2D eigenvalue weighted by atomic mass is 9.87. The van der Waals surface area contributed by atoms with Crippen molar-refractivity contribution in [1.82, 2.24) is 5.32 Å². The Balaban J connectivity index is 0.000000980. The standard InChI is InChI=1S/C12H17N.B/c1-2-10-8-13-9-12(10)11-6-4-3-5-7-11;/h3-7,10,12-13H,2,8-9H2,1H3;. The minimum Gasteiger partial charge on any atom is -0.316 e. The van der Waals surface area contributed by atoms with Crippen molar-refractivity contribution in [2.75, 3.05) is 13.1 Å². The highest BCUT2D eigenvalue weighted by atomic mass is 14.9. The molecule has 2 unspecified atom stereocenters. The van der Waals surface area contributed by atoms with E-state index in [1.165, 1.54) is 18.5 Å². The van der Waals surface area contributed by atoms with E-state index in [9.17, 15) is 0 Å². The van der Waals surface area contributed by atoms with Gasteiger partial charge in [0.15, 0.2) is 0 Å². The van der Waals surface area contributed by atoms with E-state index in [2.05, 4.69) is 42.6 Å². The third kappa shape index (κ3) is 2.18. The van der Waals surface area contributed by atoms with Crippen LogP contribution in [0.15, 0.2) is 30.3 Å². The van der Waals surface area contributed by atoms with Crippen LogP contribution in [0.3, 0.4) is 0 Å². The van der Waals surface area contributed by atoms with E-state index >= 15 is 0 Å². The molecule has 1 saturated heterocycles. The van der Waals surface area contributed by atoms with Gasteiger partial charge in [0.05, 0.1) is 0 Å². The van der Waals surface area contributed by atoms with E-state index in [1.807, 2.05) is 0 Å². The van der Waals surface area contributed by atoms with Gasteiger partial charge in [-0.2, -0.15) is 0 Å². The highest BCUT2D eigenvalue weighted by Crippen LogP contribution is 2.29. The van der Waals surface area contributed by atoms with Gasteiger partial charge >= 0.3 is 0 Å². The summed E-state index contributed by atoms with van der Waals surface area (Å²) in [5, 5.41) is 3.47. The summed E-state index contributed by atoms with van der Waals surface area (Å²) in [6.07, 6.45) is 1.28. The van der Waals surface area contributed by atoms with Crippen molar-refractivity contribution in [2.45, 2.75) is 19.3 Å². The Labute approximate surface area is 88.5 Å². The molecule has 0 aromatic heterocycles. The summed E-state index contributed by atoms with van der Waals surface area (Å²) in [5.41, 5.74) is 1.50. The van der Waals surface area contributed by atoms with Gasteiger partial charge in [-0.1, -0.05) is 43.7 Å². The molecule has 0 amide bonds. The third-order valence-corrected chi connectivity index (χ3v) is 3.09. The number of nitrogens with one attached hydrogen (secondary N) is 1. The highest BCUT2D eigenvalue weighted by Gasteiger charge is 2.26. The van der Waals surface area contributed by atoms with Crippen LogP contribution in [0.25, 0.3) is 0 Å². The fourth-order valence-electron chi connectivity index (χ4n) is 2.25. The van der Waals surface area contributed by atoms with Crippen LogP contribution < -0.4 is 5.32 Å². The molecule has 2 rings (SSSR count). The Morgan fingerprint density at radius 2 is 1.93 bits per heavy atom. The largest absolute Gasteiger partial charge is 0.316 e. The quantitative estimate of drug-likeness (QED) is 0.696. The number of hydrogen-bond donors (Lipinski definition) is 1. The fraction of sp³-hybridized carbons (Fsp3) is 0.500. The summed E-state index contributed by atoms with van der Waals surface area (Å²) in [7, 11) is 0. The average Bonchev–Trinajstić information content (AvgIpc) is 2.67. The van der Waals surface area contributed by atoms with Crippen LogP contribution in [0.5, 0.6) is 0 Å². The molecule has 0 aliphatic carbocycles. The number of rotatable bonds is 2. The van der Waals surface area contributed by atoms with Crippen molar-refractivity contribution in [3.8, 4) is 0 Å². The Kier molecular flexibility index (Phi) is 4.21. The molecule has 2 heteroatoms. The van der Waals surface area contributed by atoms with E-state index in [0.717, 1.165) is 18.4 Å². The first kappa shape index (κ1) is 11.3. The van der Waals surface area contributed by atoms with Crippen LogP contribution in [-0.4, -0.2) is 21.5 Å². The van der Waals surface area contributed by atoms with Crippen molar-refractivity contribution in [3.63, 3.8) is 0 Å². The zero-order valence-electron chi connectivity index (χ0n) is 8.74. The second-order valence-corrected chi connectivity index (χ2v) is 3.84. The molecule has 2 atom stereocenters. The van der Waals surface area contributed by atoms with Gasteiger partial charge in [0, 0.05) is 20.9 Å². The maximum Gasteiger partial charge on any atom is 0.00234 e. The predicted octanol–water partition coefficient (Wildman–Crippen LogP) is 2.02. The van der Waals surface area contributed by atoms with Crippen molar-refractivity contribution < 1.29 is 0 Å². The summed E-state index contributed by atoms with van der Waals surface area (Å²) in [6.45, 7) is 4.63. The molecule has 1 aliphatic rings. The number of hydrogen-bond acceptors (Lipinski definition) is 1. The van der Waals surface area contributed by atoms with Gasteiger partial charge in [0.2, 0.25) is 0 Å². The molecule has 0 bridgehead atoms. The minimum absolute atomic E-state index is 0. The molecule has 1 aromatic carbocycles. The lowest BCUT2D eigenvalue weighted by Gasteiger charge is -2.16. The van der Waals surface area contributed by atoms with Gasteiger partial charge < -0.3 is 5.32 Å². The van der Waals surface area contributed by atoms with Gasteiger partial charge in [-0.25, -0.2) is 0 Å². The third-order valence-electron chi connectivity index (χ3n) is 3.09. The molecule has 3 radical (unpaired) electrons. The second kappa shape index (κ2) is 5.21. The Bertz CT molecular complexity index is 260. The molecule has 1 heterocycles. The Morgan fingerprint density at radius 3 is 2.57 bits per heavy atom. The van der Waals surface area contributed by atoms with Crippen molar-refractivity contribution >= 4 is 8.41 Å². The Morgan fingerprint density at radius 1 is 1.21 bits per heavy atom. The van der Waals surface area contributed by atoms with Crippen LogP contribution in [0.1, 0.15) is 24.8 Å². The van der Waals surface area contributed by atoms with Crippen LogP contribution in [0.2, 0.25) is 0 Å². The minimum atomic E-state index is 0. The SMILES string of the molecule is CCC1CNCC1c1ccccc1.[B]. The molecular weight excluding hydrogens is 169 g/mol. The van der Waals surface area contributed by atoms with Crippen LogP contribution in [-0.2, 0) is 0 Å². The topological polar surface area (TPSA) is 12.0 Å². The smallest absolute Gasteiger partial charge is 0.00234 e. The molecular formula is C12H17BN. The summed E-state index contributed by atoms with van der Waals surface area (Å²) in [4.78, 5) is 0. The predicted molar refractivity (Wildman–Crippen MR) is 61.6 cm³/mol. The maximum atomic E-state index is 3.47. The second-order valence-electron chi connectivity index (χ2n) is 3.84.